The smallest absolute Gasteiger partial charge is 0.356 e. The number of nitrogens with two attached hydrogens (primary N) is 1. The first-order valence-corrected chi connectivity index (χ1v) is 32.4. The summed E-state index contributed by atoms with van der Waals surface area (Å²) >= 11 is 0.255. The molecule has 41 nitrogen and oxygen atoms in total. The summed E-state index contributed by atoms with van der Waals surface area (Å²) < 4.78 is 184. The van der Waals surface area contributed by atoms with Crippen molar-refractivity contribution in [3.8, 4) is 22.9 Å². The Hall–Kier alpha value is -9.45. The van der Waals surface area contributed by atoms with Gasteiger partial charge in [-0.05, 0) is 85.3 Å². The van der Waals surface area contributed by atoms with Gasteiger partial charge >= 0.3 is 5.97 Å². The summed E-state index contributed by atoms with van der Waals surface area (Å²) in [4.78, 5) is 29.9. The number of aromatic amines is 1. The number of benzene rings is 7. The van der Waals surface area contributed by atoms with Crippen LogP contribution in [0.2, 0.25) is 0 Å². The predicted octanol–water partition coefficient (Wildman–Crippen LogP) is 9.13. The number of anilines is 1. The summed E-state index contributed by atoms with van der Waals surface area (Å²) in [5, 5.41) is 97.0. The third-order valence-corrected chi connectivity index (χ3v) is 17.6. The minimum atomic E-state index is -5.45. The Labute approximate surface area is 525 Å². The number of carbonyl (C=O) groups is 1. The fraction of sp³-hybridized carbons (Fsp3) is 0.0667. The largest absolute Gasteiger partial charge is 0.505 e. The number of aromatic nitrogens is 2. The number of methoxy groups -OCH3 is 1. The molecule has 8 rings (SSSR count). The van der Waals surface area contributed by atoms with E-state index in [1.165, 1.54) is 12.1 Å². The van der Waals surface area contributed by atoms with E-state index in [2.05, 4.69) is 64.8 Å². The van der Waals surface area contributed by atoms with E-state index in [0.717, 1.165) is 79.5 Å². The van der Waals surface area contributed by atoms with Gasteiger partial charge in [0.25, 0.3) is 61.8 Å². The van der Waals surface area contributed by atoms with Crippen LogP contribution in [0.25, 0.3) is 27.2 Å². The van der Waals surface area contributed by atoms with E-state index >= 15 is 0 Å². The van der Waals surface area contributed by atoms with Crippen molar-refractivity contribution >= 4 is 153 Å². The number of aryl methyl sites for hydroxylation is 1. The number of fused-ring (bicyclic) bond motifs is 2. The lowest BCUT2D eigenvalue weighted by Crippen LogP contribution is -2.14. The predicted molar refractivity (Wildman–Crippen MR) is 313 cm³/mol. The first-order valence-electron chi connectivity index (χ1n) is 23.7. The van der Waals surface area contributed by atoms with Gasteiger partial charge in [0.15, 0.2) is 28.6 Å². The number of carboxylic acids is 1. The zero-order valence-corrected chi connectivity index (χ0v) is 51.4. The van der Waals surface area contributed by atoms with Crippen LogP contribution in [0.5, 0.6) is 17.2 Å². The molecule has 0 aliphatic heterocycles. The van der Waals surface area contributed by atoms with Gasteiger partial charge in [-0.15, -0.1) is 39.4 Å². The maximum Gasteiger partial charge on any atom is 0.356 e. The molecule has 0 atom stereocenters. The molecule has 0 fully saturated rings. The van der Waals surface area contributed by atoms with E-state index in [9.17, 15) is 95.3 Å². The van der Waals surface area contributed by atoms with Gasteiger partial charge in [-0.25, -0.2) is 20.0 Å². The van der Waals surface area contributed by atoms with Gasteiger partial charge < -0.3 is 25.8 Å². The lowest BCUT2D eigenvalue weighted by Gasteiger charge is -2.15. The summed E-state index contributed by atoms with van der Waals surface area (Å²) in [6.45, 7) is 1.57. The summed E-state index contributed by atoms with van der Waals surface area (Å²) in [6.07, 6.45) is 0. The SMILES string of the molecule is CN=Nc1c(S(=O)(=O)O)cc2c(S(=O)(=O)O)c(N=Nc3cc(S(=O)(=O)O)c4cc(SOOO)c(N=Nc5cc(SOOO)c([N+](=O)[O-])cc5OC)c(O)c4c3N)ccc2c1O.Cc1ccc(N=Nc2c(C(=O)O)[nH]n(-c3ccc(S(=O)(=O)O)cc3)c2=O)c(S(=O)(=O)O)c1. The Morgan fingerprint density at radius 3 is 1.73 bits per heavy atom. The molecule has 0 aliphatic carbocycles. The maximum absolute atomic E-state index is 12.7. The van der Waals surface area contributed by atoms with Gasteiger partial charge in [0.1, 0.15) is 58.6 Å². The molecule has 1 heterocycles. The Balaban J connectivity index is 0.000000320. The molecular weight excluding hydrogens is 1400 g/mol. The molecule has 48 heteroatoms. The minimum absolute atomic E-state index is 0.0142. The van der Waals surface area contributed by atoms with E-state index in [-0.39, 0.29) is 51.8 Å². The molecule has 0 amide bonds. The monoisotopic (exact) mass is 1430 g/mol. The number of hydrogen-bond acceptors (Lipinski definition) is 34. The van der Waals surface area contributed by atoms with Gasteiger partial charge in [-0.1, -0.05) is 16.1 Å². The Morgan fingerprint density at radius 1 is 0.613 bits per heavy atom. The number of nitro groups is 1. The third kappa shape index (κ3) is 15.7. The molecule has 492 valence electrons. The van der Waals surface area contributed by atoms with Crippen molar-refractivity contribution in [1.29, 1.82) is 0 Å². The van der Waals surface area contributed by atoms with Crippen LogP contribution in [-0.2, 0) is 69.3 Å². The number of nitro benzene ring substituents is 1. The van der Waals surface area contributed by atoms with E-state index in [4.69, 9.17) is 25.5 Å². The van der Waals surface area contributed by atoms with E-state index in [0.29, 0.717) is 17.7 Å². The van der Waals surface area contributed by atoms with Gasteiger partial charge in [0.05, 0.1) is 68.7 Å². The fourth-order valence-electron chi connectivity index (χ4n) is 8.03. The molecule has 0 saturated heterocycles. The van der Waals surface area contributed by atoms with Crippen molar-refractivity contribution in [2.45, 2.75) is 41.2 Å². The number of rotatable bonds is 22. The lowest BCUT2D eigenvalue weighted by atomic mass is 10.0. The van der Waals surface area contributed by atoms with Crippen LogP contribution in [-0.4, -0.2) is 126 Å². The molecular formula is C45H36N12O29S7. The summed E-state index contributed by atoms with van der Waals surface area (Å²) in [7, 11) is -23.0. The number of aromatic hydroxyl groups is 2. The second-order valence-corrected chi connectivity index (χ2v) is 26.0. The molecule has 8 aromatic rings. The Kier molecular flexibility index (Phi) is 21.2. The molecule has 0 aliphatic rings. The molecule has 0 spiro atoms. The van der Waals surface area contributed by atoms with E-state index in [1.54, 1.807) is 6.92 Å². The van der Waals surface area contributed by atoms with Crippen molar-refractivity contribution in [3.63, 3.8) is 0 Å². The number of nitrogen functional groups attached to an aromatic ring is 1. The summed E-state index contributed by atoms with van der Waals surface area (Å²) in [5.74, 6) is -3.94. The van der Waals surface area contributed by atoms with Crippen molar-refractivity contribution in [1.82, 2.24) is 9.78 Å². The van der Waals surface area contributed by atoms with E-state index in [1.807, 2.05) is 0 Å². The number of phenolic OH excluding ortho intramolecular Hbond substituents is 2. The van der Waals surface area contributed by atoms with Gasteiger partial charge in [-0.2, -0.15) is 52.3 Å². The number of ether oxygens (including phenoxy) is 1. The first-order chi connectivity index (χ1) is 43.4. The number of azo groups is 4. The minimum Gasteiger partial charge on any atom is -0.505 e. The molecule has 0 bridgehead atoms. The van der Waals surface area contributed by atoms with Crippen molar-refractivity contribution in [2.24, 2.45) is 40.9 Å². The van der Waals surface area contributed by atoms with Crippen LogP contribution >= 0.6 is 24.1 Å². The highest BCUT2D eigenvalue weighted by atomic mass is 32.2. The van der Waals surface area contributed by atoms with Crippen molar-refractivity contribution in [3.05, 3.63) is 117 Å². The fourth-order valence-corrected chi connectivity index (χ4v) is 12.4. The molecule has 7 aromatic carbocycles. The standard InChI is InChI=1S/C28H22N8O20S5.C17H14N4O9S2/c1-30-34-25-21(60(46,47)48)6-11-10(26(25)37)3-4-13(28(11)61(49,50)51)31-33-15-8-20(59(43,44)45)12-5-19(58-56-54-42)24(27(38)22(12)23(15)29)35-32-14-7-18(57-55-53-41)16(36(39)40)9-17(14)52-2;1-9-2-7-12(13(8-9)32(28,29)30)18-19-14-15(17(23)24)20-21(16(14)22)10-3-5-11(6-4-10)31(25,26)27/h3-9,37-38,41-42H,29H2,1-2H3,(H,43,44,45)(H,46,47,48)(H,49,50,51);2-8,20H,1H3,(H,23,24)(H,25,26,27)(H,28,29,30). The molecule has 13 N–H and O–H groups in total. The second-order valence-electron chi connectivity index (χ2n) is 17.6. The average molecular weight is 1430 g/mol. The highest BCUT2D eigenvalue weighted by Gasteiger charge is 2.31. The number of nitrogens with zero attached hydrogens (tertiary/aromatic N) is 10. The van der Waals surface area contributed by atoms with Crippen molar-refractivity contribution < 1.29 is 124 Å². The average Bonchev–Trinajstić information content (AvgIpc) is 1.39. The lowest BCUT2D eigenvalue weighted by molar-refractivity contribution is -0.432. The van der Waals surface area contributed by atoms with Gasteiger partial charge in [-0.3, -0.25) is 42.8 Å². The second kappa shape index (κ2) is 27.8. The van der Waals surface area contributed by atoms with Crippen LogP contribution < -0.4 is 16.0 Å². The van der Waals surface area contributed by atoms with E-state index < -0.39 is 175 Å². The molecule has 0 saturated carbocycles. The number of aromatic carboxylic acids is 1. The normalized spacial score (nSPS) is 12.6. The van der Waals surface area contributed by atoms with Crippen LogP contribution in [0.15, 0.2) is 165 Å². The summed E-state index contributed by atoms with van der Waals surface area (Å²) in [6, 6.07) is 13.7. The molecule has 0 radical (unpaired) electrons. The molecule has 93 heavy (non-hydrogen) atoms. The highest BCUT2D eigenvalue weighted by Crippen LogP contribution is 2.51. The molecule has 0 unspecified atom stereocenters. The van der Waals surface area contributed by atoms with Crippen LogP contribution in [0.3, 0.4) is 0 Å². The van der Waals surface area contributed by atoms with Gasteiger partial charge in [0, 0.05) is 23.2 Å². The number of nitrogens with one attached hydrogen (secondary N) is 1. The Bertz CT molecular complexity index is 5180. The topological polar surface area (TPSA) is 642 Å². The third-order valence-electron chi connectivity index (χ3n) is 11.9. The zero-order valence-electron chi connectivity index (χ0n) is 45.7. The van der Waals surface area contributed by atoms with Gasteiger partial charge in [0.2, 0.25) is 0 Å². The Morgan fingerprint density at radius 2 is 1.18 bits per heavy atom. The zero-order chi connectivity index (χ0) is 69.0. The number of hydrogen-bond donors (Lipinski definition) is 12. The van der Waals surface area contributed by atoms with Crippen LogP contribution in [0, 0.1) is 17.0 Å². The highest BCUT2D eigenvalue weighted by molar-refractivity contribution is 7.95. The quantitative estimate of drug-likeness (QED) is 0.00572. The summed E-state index contributed by atoms with van der Waals surface area (Å²) in [5.41, 5.74) is -0.495. The van der Waals surface area contributed by atoms with Crippen LogP contribution in [0.4, 0.5) is 51.2 Å². The maximum atomic E-state index is 12.7. The molecule has 1 aromatic heterocycles. The van der Waals surface area contributed by atoms with Crippen LogP contribution in [0.1, 0.15) is 16.1 Å². The first kappa shape index (κ1) is 71.0. The number of phenols is 2. The van der Waals surface area contributed by atoms with Crippen molar-refractivity contribution in [2.75, 3.05) is 19.9 Å². The number of H-pyrrole nitrogens is 1. The number of carboxylic acid groups (broad SMARTS) is 1.